The molecule has 0 unspecified atom stereocenters. The first-order valence-electron chi connectivity index (χ1n) is 12.8. The molecule has 3 saturated heterocycles. The largest absolute Gasteiger partial charge is 0.453 e. The number of amides is 1. The van der Waals surface area contributed by atoms with Crippen LogP contribution in [0.4, 0.5) is 0 Å². The molecule has 0 spiro atoms. The van der Waals surface area contributed by atoms with E-state index in [1.54, 1.807) is 48.5 Å². The summed E-state index contributed by atoms with van der Waals surface area (Å²) in [6.07, 6.45) is 1.42. The number of piperidine rings is 3. The highest BCUT2D eigenvalue weighted by Crippen LogP contribution is 2.38. The Morgan fingerprint density at radius 3 is 2.05 bits per heavy atom. The van der Waals surface area contributed by atoms with Crippen LogP contribution in [-0.4, -0.2) is 53.7 Å². The first-order chi connectivity index (χ1) is 17.9. The zero-order valence-corrected chi connectivity index (χ0v) is 21.4. The molecular formula is C30H32ClN2O4+. The number of quaternary nitrogens is 1. The summed E-state index contributed by atoms with van der Waals surface area (Å²) < 4.78 is 6.69. The Bertz CT molecular complexity index is 1190. The van der Waals surface area contributed by atoms with Crippen molar-refractivity contribution >= 4 is 23.5 Å². The summed E-state index contributed by atoms with van der Waals surface area (Å²) in [7, 11) is 0. The molecule has 7 heteroatoms. The SMILES string of the molecule is O=C(C[N+]12CCC(CC1)[C@@H](OC(=O)C(O)(c1ccccc1)c1ccccc1)C2)NCc1ccc(Cl)cc1. The standard InChI is InChI=1S/C30H31ClN2O4/c31-26-13-11-22(12-14-26)19-32-28(34)21-33-17-15-23(16-18-33)27(20-33)37-29(35)30(36,24-7-3-1-4-8-24)25-9-5-2-6-10-25/h1-14,23,27,36H,15-21H2/p+1/t23?,27-,33?/m0/s1. The lowest BCUT2D eigenvalue weighted by Crippen LogP contribution is -2.66. The third-order valence-electron chi connectivity index (χ3n) is 7.86. The normalized spacial score (nSPS) is 22.9. The van der Waals surface area contributed by atoms with Crippen LogP contribution in [0.15, 0.2) is 84.9 Å². The number of hydrogen-bond acceptors (Lipinski definition) is 4. The van der Waals surface area contributed by atoms with Crippen LogP contribution in [0.2, 0.25) is 5.02 Å². The van der Waals surface area contributed by atoms with Gasteiger partial charge in [0.05, 0.1) is 13.1 Å². The van der Waals surface area contributed by atoms with Crippen molar-refractivity contribution in [2.75, 3.05) is 26.2 Å². The summed E-state index contributed by atoms with van der Waals surface area (Å²) in [6.45, 7) is 3.13. The van der Waals surface area contributed by atoms with E-state index in [2.05, 4.69) is 5.32 Å². The molecule has 0 radical (unpaired) electrons. The van der Waals surface area contributed by atoms with Gasteiger partial charge in [0, 0.05) is 30.3 Å². The molecule has 3 aromatic rings. The maximum Gasteiger partial charge on any atom is 0.348 e. The van der Waals surface area contributed by atoms with Gasteiger partial charge in [0.15, 0.2) is 12.6 Å². The number of esters is 1. The van der Waals surface area contributed by atoms with Crippen molar-refractivity contribution in [2.45, 2.75) is 31.1 Å². The fraction of sp³-hybridized carbons (Fsp3) is 0.333. The highest BCUT2D eigenvalue weighted by molar-refractivity contribution is 6.30. The minimum atomic E-state index is -1.91. The molecular weight excluding hydrogens is 488 g/mol. The monoisotopic (exact) mass is 519 g/mol. The first kappa shape index (κ1) is 25.5. The molecule has 3 fully saturated rings. The van der Waals surface area contributed by atoms with Crippen LogP contribution in [0.1, 0.15) is 29.5 Å². The molecule has 192 valence electrons. The molecule has 3 aliphatic heterocycles. The van der Waals surface area contributed by atoms with Crippen molar-refractivity contribution in [3.05, 3.63) is 107 Å². The number of benzene rings is 3. The van der Waals surface area contributed by atoms with E-state index >= 15 is 0 Å². The molecule has 0 aromatic heterocycles. The van der Waals surface area contributed by atoms with Crippen LogP contribution in [0.25, 0.3) is 0 Å². The molecule has 0 aliphatic carbocycles. The Hall–Kier alpha value is -3.19. The fourth-order valence-electron chi connectivity index (χ4n) is 5.72. The molecule has 37 heavy (non-hydrogen) atoms. The van der Waals surface area contributed by atoms with Crippen molar-refractivity contribution < 1.29 is 23.9 Å². The molecule has 6 nitrogen and oxygen atoms in total. The topological polar surface area (TPSA) is 75.6 Å². The Balaban J connectivity index is 1.28. The van der Waals surface area contributed by atoms with Gasteiger partial charge >= 0.3 is 5.97 Å². The summed E-state index contributed by atoms with van der Waals surface area (Å²) >= 11 is 5.95. The number of carbonyl (C=O) groups excluding carboxylic acids is 2. The second kappa shape index (κ2) is 10.7. The number of nitrogens with zero attached hydrogens (tertiary/aromatic N) is 1. The molecule has 3 aliphatic rings. The Labute approximate surface area is 222 Å². The van der Waals surface area contributed by atoms with E-state index in [0.717, 1.165) is 31.5 Å². The number of hydrogen-bond donors (Lipinski definition) is 2. The smallest absolute Gasteiger partial charge is 0.348 e. The second-order valence-electron chi connectivity index (χ2n) is 10.3. The average molecular weight is 520 g/mol. The lowest BCUT2D eigenvalue weighted by molar-refractivity contribution is -0.939. The fourth-order valence-corrected chi connectivity index (χ4v) is 5.85. The number of halogens is 1. The van der Waals surface area contributed by atoms with Gasteiger partial charge in [0.1, 0.15) is 6.54 Å². The van der Waals surface area contributed by atoms with Crippen LogP contribution in [-0.2, 0) is 26.5 Å². The number of carbonyl (C=O) groups is 2. The molecule has 0 saturated carbocycles. The summed E-state index contributed by atoms with van der Waals surface area (Å²) in [5, 5.41) is 15.5. The summed E-state index contributed by atoms with van der Waals surface area (Å²) in [4.78, 5) is 26.5. The molecule has 6 rings (SSSR count). The number of rotatable bonds is 8. The predicted octanol–water partition coefficient (Wildman–Crippen LogP) is 4.04. The third-order valence-corrected chi connectivity index (χ3v) is 8.11. The van der Waals surface area contributed by atoms with Crippen molar-refractivity contribution in [3.63, 3.8) is 0 Å². The van der Waals surface area contributed by atoms with Crippen molar-refractivity contribution in [3.8, 4) is 0 Å². The van der Waals surface area contributed by atoms with E-state index in [0.29, 0.717) is 40.3 Å². The van der Waals surface area contributed by atoms with Gasteiger partial charge in [-0.3, -0.25) is 4.79 Å². The number of ether oxygens (including phenoxy) is 1. The quantitative estimate of drug-likeness (QED) is 0.348. The first-order valence-corrected chi connectivity index (χ1v) is 13.2. The maximum absolute atomic E-state index is 13.7. The Morgan fingerprint density at radius 2 is 1.49 bits per heavy atom. The highest BCUT2D eigenvalue weighted by Gasteiger charge is 2.51. The van der Waals surface area contributed by atoms with Gasteiger partial charge in [-0.05, 0) is 28.8 Å². The summed E-state index contributed by atoms with van der Waals surface area (Å²) in [6, 6.07) is 25.3. The van der Waals surface area contributed by atoms with Crippen molar-refractivity contribution in [1.82, 2.24) is 5.32 Å². The van der Waals surface area contributed by atoms with Gasteiger partial charge in [-0.15, -0.1) is 0 Å². The van der Waals surface area contributed by atoms with Crippen LogP contribution in [0, 0.1) is 5.92 Å². The lowest BCUT2D eigenvalue weighted by atomic mass is 9.82. The molecule has 2 bridgehead atoms. The van der Waals surface area contributed by atoms with Crippen LogP contribution < -0.4 is 5.32 Å². The van der Waals surface area contributed by atoms with E-state index in [1.165, 1.54) is 0 Å². The third kappa shape index (κ3) is 5.42. The van der Waals surface area contributed by atoms with Gasteiger partial charge in [0.25, 0.3) is 5.91 Å². The molecule has 2 N–H and O–H groups in total. The predicted molar refractivity (Wildman–Crippen MR) is 142 cm³/mol. The van der Waals surface area contributed by atoms with Crippen LogP contribution in [0.5, 0.6) is 0 Å². The molecule has 1 amide bonds. The van der Waals surface area contributed by atoms with E-state index in [9.17, 15) is 14.7 Å². The van der Waals surface area contributed by atoms with E-state index in [4.69, 9.17) is 16.3 Å². The summed E-state index contributed by atoms with van der Waals surface area (Å²) in [5.74, 6) is -0.462. The van der Waals surface area contributed by atoms with E-state index in [1.807, 2.05) is 36.4 Å². The van der Waals surface area contributed by atoms with Gasteiger partial charge in [-0.2, -0.15) is 0 Å². The minimum Gasteiger partial charge on any atom is -0.453 e. The minimum absolute atomic E-state index is 0.0227. The number of fused-ring (bicyclic) bond motifs is 3. The molecule has 1 atom stereocenters. The van der Waals surface area contributed by atoms with Crippen LogP contribution >= 0.6 is 11.6 Å². The maximum atomic E-state index is 13.7. The number of nitrogens with one attached hydrogen (secondary N) is 1. The highest BCUT2D eigenvalue weighted by atomic mass is 35.5. The number of aliphatic hydroxyl groups is 1. The molecule has 3 aromatic carbocycles. The summed E-state index contributed by atoms with van der Waals surface area (Å²) in [5.41, 5.74) is 0.0221. The van der Waals surface area contributed by atoms with Crippen LogP contribution in [0.3, 0.4) is 0 Å². The van der Waals surface area contributed by atoms with Gasteiger partial charge < -0.3 is 19.6 Å². The molecule has 3 heterocycles. The van der Waals surface area contributed by atoms with Gasteiger partial charge in [-0.1, -0.05) is 84.4 Å². The Kier molecular flexibility index (Phi) is 7.33. The van der Waals surface area contributed by atoms with Gasteiger partial charge in [0.2, 0.25) is 5.60 Å². The Morgan fingerprint density at radius 1 is 0.919 bits per heavy atom. The van der Waals surface area contributed by atoms with E-state index < -0.39 is 11.6 Å². The second-order valence-corrected chi connectivity index (χ2v) is 10.7. The average Bonchev–Trinajstić information content (AvgIpc) is 2.93. The zero-order chi connectivity index (χ0) is 25.9. The van der Waals surface area contributed by atoms with Crippen molar-refractivity contribution in [2.24, 2.45) is 5.92 Å². The van der Waals surface area contributed by atoms with Gasteiger partial charge in [-0.25, -0.2) is 4.79 Å². The zero-order valence-electron chi connectivity index (χ0n) is 20.7. The van der Waals surface area contributed by atoms with E-state index in [-0.39, 0.29) is 17.9 Å². The van der Waals surface area contributed by atoms with Crippen molar-refractivity contribution in [1.29, 1.82) is 0 Å². The lowest BCUT2D eigenvalue weighted by Gasteiger charge is -2.51.